The van der Waals surface area contributed by atoms with Crippen LogP contribution in [0.1, 0.15) is 24.8 Å². The van der Waals surface area contributed by atoms with Gasteiger partial charge in [0, 0.05) is 17.1 Å². The number of carbonyl (C=O) groups excluding carboxylic acids is 1. The summed E-state index contributed by atoms with van der Waals surface area (Å²) < 4.78 is 1.05. The minimum Gasteiger partial charge on any atom is -0.352 e. The molecular formula is C15H20BrClN2O. The molecule has 4 atom stereocenters. The van der Waals surface area contributed by atoms with Gasteiger partial charge < -0.3 is 11.1 Å². The predicted octanol–water partition coefficient (Wildman–Crippen LogP) is 2.86. The van der Waals surface area contributed by atoms with E-state index in [9.17, 15) is 4.79 Å². The van der Waals surface area contributed by atoms with Crippen LogP contribution in [0.15, 0.2) is 28.7 Å². The van der Waals surface area contributed by atoms with Crippen molar-refractivity contribution in [3.8, 4) is 0 Å². The number of nitrogens with two attached hydrogens (primary N) is 1. The molecule has 0 radical (unpaired) electrons. The van der Waals surface area contributed by atoms with Crippen molar-refractivity contribution in [3.05, 3.63) is 34.3 Å². The van der Waals surface area contributed by atoms with Crippen LogP contribution in [-0.4, -0.2) is 11.9 Å². The summed E-state index contributed by atoms with van der Waals surface area (Å²) in [6.07, 6.45) is 3.54. The lowest BCUT2D eigenvalue weighted by Gasteiger charge is -2.27. The number of fused-ring (bicyclic) bond motifs is 2. The van der Waals surface area contributed by atoms with Gasteiger partial charge in [-0.15, -0.1) is 12.4 Å². The van der Waals surface area contributed by atoms with Gasteiger partial charge in [0.15, 0.2) is 0 Å². The van der Waals surface area contributed by atoms with E-state index in [0.717, 1.165) is 16.5 Å². The molecule has 2 aliphatic rings. The number of carbonyl (C=O) groups is 1. The summed E-state index contributed by atoms with van der Waals surface area (Å²) in [4.78, 5) is 12.3. The van der Waals surface area contributed by atoms with Crippen molar-refractivity contribution in [3.63, 3.8) is 0 Å². The second kappa shape index (κ2) is 6.46. The molecule has 0 spiro atoms. The molecule has 110 valence electrons. The predicted molar refractivity (Wildman–Crippen MR) is 85.5 cm³/mol. The number of amides is 1. The highest BCUT2D eigenvalue weighted by molar-refractivity contribution is 9.10. The van der Waals surface area contributed by atoms with Crippen molar-refractivity contribution in [2.24, 2.45) is 23.5 Å². The highest BCUT2D eigenvalue weighted by atomic mass is 79.9. The molecule has 0 aromatic heterocycles. The molecule has 3 rings (SSSR count). The Labute approximate surface area is 134 Å². The highest BCUT2D eigenvalue weighted by Gasteiger charge is 2.48. The lowest BCUT2D eigenvalue weighted by molar-refractivity contribution is -0.127. The van der Waals surface area contributed by atoms with Crippen molar-refractivity contribution in [1.82, 2.24) is 5.32 Å². The zero-order chi connectivity index (χ0) is 13.4. The van der Waals surface area contributed by atoms with Crippen LogP contribution >= 0.6 is 28.3 Å². The molecule has 2 fully saturated rings. The van der Waals surface area contributed by atoms with E-state index in [1.54, 1.807) is 0 Å². The number of benzene rings is 1. The summed E-state index contributed by atoms with van der Waals surface area (Å²) in [5, 5.41) is 3.04. The van der Waals surface area contributed by atoms with E-state index in [1.165, 1.54) is 12.8 Å². The van der Waals surface area contributed by atoms with Crippen molar-refractivity contribution in [2.75, 3.05) is 0 Å². The summed E-state index contributed by atoms with van der Waals surface area (Å²) in [6.45, 7) is 0.590. The Morgan fingerprint density at radius 3 is 2.50 bits per heavy atom. The van der Waals surface area contributed by atoms with Gasteiger partial charge in [-0.25, -0.2) is 0 Å². The third-order valence-electron chi connectivity index (χ3n) is 4.66. The average Bonchev–Trinajstić information content (AvgIpc) is 2.98. The first kappa shape index (κ1) is 15.8. The van der Waals surface area contributed by atoms with E-state index in [0.29, 0.717) is 18.4 Å². The maximum absolute atomic E-state index is 12.3. The largest absolute Gasteiger partial charge is 0.352 e. The molecule has 2 bridgehead atoms. The monoisotopic (exact) mass is 358 g/mol. The normalized spacial score (nSPS) is 30.9. The van der Waals surface area contributed by atoms with Gasteiger partial charge >= 0.3 is 0 Å². The van der Waals surface area contributed by atoms with Crippen LogP contribution in [-0.2, 0) is 11.3 Å². The lowest BCUT2D eigenvalue weighted by atomic mass is 9.84. The van der Waals surface area contributed by atoms with E-state index in [2.05, 4.69) is 21.2 Å². The number of nitrogens with one attached hydrogen (secondary N) is 1. The molecule has 2 aliphatic carbocycles. The fourth-order valence-corrected chi connectivity index (χ4v) is 3.90. The summed E-state index contributed by atoms with van der Waals surface area (Å²) in [5.74, 6) is 1.27. The lowest BCUT2D eigenvalue weighted by Crippen LogP contribution is -2.45. The van der Waals surface area contributed by atoms with E-state index in [-0.39, 0.29) is 30.3 Å². The minimum atomic E-state index is 0. The number of rotatable bonds is 3. The Morgan fingerprint density at radius 1 is 1.25 bits per heavy atom. The van der Waals surface area contributed by atoms with E-state index >= 15 is 0 Å². The summed E-state index contributed by atoms with van der Waals surface area (Å²) in [7, 11) is 0. The first-order valence-corrected chi connectivity index (χ1v) is 7.72. The van der Waals surface area contributed by atoms with Crippen LogP contribution in [0.25, 0.3) is 0 Å². The zero-order valence-corrected chi connectivity index (χ0v) is 13.6. The second-order valence-corrected chi connectivity index (χ2v) is 6.70. The molecule has 1 aromatic carbocycles. The van der Waals surface area contributed by atoms with Crippen molar-refractivity contribution in [1.29, 1.82) is 0 Å². The van der Waals surface area contributed by atoms with Crippen LogP contribution < -0.4 is 11.1 Å². The maximum Gasteiger partial charge on any atom is 0.225 e. The van der Waals surface area contributed by atoms with E-state index < -0.39 is 0 Å². The first-order valence-electron chi connectivity index (χ1n) is 6.93. The van der Waals surface area contributed by atoms with Crippen molar-refractivity contribution in [2.45, 2.75) is 31.8 Å². The summed E-state index contributed by atoms with van der Waals surface area (Å²) in [6, 6.07) is 8.09. The van der Waals surface area contributed by atoms with Crippen molar-refractivity contribution >= 4 is 34.2 Å². The van der Waals surface area contributed by atoms with Crippen LogP contribution in [0.4, 0.5) is 0 Å². The van der Waals surface area contributed by atoms with Gasteiger partial charge in [0.25, 0.3) is 0 Å². The highest BCUT2D eigenvalue weighted by Crippen LogP contribution is 2.47. The fraction of sp³-hybridized carbons (Fsp3) is 0.533. The van der Waals surface area contributed by atoms with Crippen LogP contribution in [0, 0.1) is 17.8 Å². The van der Waals surface area contributed by atoms with Crippen LogP contribution in [0.5, 0.6) is 0 Å². The van der Waals surface area contributed by atoms with Gasteiger partial charge in [-0.1, -0.05) is 28.1 Å². The standard InChI is InChI=1S/C15H19BrN2O.ClH/c16-12-5-1-9(2-6-12)8-18-15(19)13-10-3-4-11(7-10)14(13)17;/h1-2,5-6,10-11,13-14H,3-4,7-8,17H2,(H,18,19);1H. The van der Waals surface area contributed by atoms with Gasteiger partial charge in [0.05, 0.1) is 5.92 Å². The SMILES string of the molecule is Cl.NC1C2CCC(C2)C1C(=O)NCc1ccc(Br)cc1. The smallest absolute Gasteiger partial charge is 0.225 e. The second-order valence-electron chi connectivity index (χ2n) is 5.78. The molecule has 4 unspecified atom stereocenters. The van der Waals surface area contributed by atoms with Crippen LogP contribution in [0.2, 0.25) is 0 Å². The van der Waals surface area contributed by atoms with Crippen LogP contribution in [0.3, 0.4) is 0 Å². The third kappa shape index (κ3) is 3.02. The first-order chi connectivity index (χ1) is 9.15. The third-order valence-corrected chi connectivity index (χ3v) is 5.19. The molecule has 0 heterocycles. The summed E-state index contributed by atoms with van der Waals surface area (Å²) in [5.41, 5.74) is 7.31. The number of halogens is 2. The maximum atomic E-state index is 12.3. The quantitative estimate of drug-likeness (QED) is 0.872. The topological polar surface area (TPSA) is 55.1 Å². The molecule has 5 heteroatoms. The fourth-order valence-electron chi connectivity index (χ4n) is 3.63. The number of hydrogen-bond acceptors (Lipinski definition) is 2. The Balaban J connectivity index is 0.00000147. The van der Waals surface area contributed by atoms with E-state index in [4.69, 9.17) is 5.73 Å². The van der Waals surface area contributed by atoms with Crippen molar-refractivity contribution < 1.29 is 4.79 Å². The van der Waals surface area contributed by atoms with Gasteiger partial charge in [-0.2, -0.15) is 0 Å². The Hall–Kier alpha value is -0.580. The molecule has 1 aromatic rings. The van der Waals surface area contributed by atoms with Gasteiger partial charge in [0.1, 0.15) is 0 Å². The minimum absolute atomic E-state index is 0. The zero-order valence-electron chi connectivity index (χ0n) is 11.2. The number of hydrogen-bond donors (Lipinski definition) is 2. The Morgan fingerprint density at radius 2 is 1.90 bits per heavy atom. The molecule has 2 saturated carbocycles. The molecule has 3 nitrogen and oxygen atoms in total. The van der Waals surface area contributed by atoms with Gasteiger partial charge in [-0.05, 0) is 48.8 Å². The molecule has 3 N–H and O–H groups in total. The molecule has 1 amide bonds. The van der Waals surface area contributed by atoms with Gasteiger partial charge in [-0.3, -0.25) is 4.79 Å². The Bertz CT molecular complexity index is 477. The average molecular weight is 360 g/mol. The van der Waals surface area contributed by atoms with E-state index in [1.807, 2.05) is 24.3 Å². The Kier molecular flexibility index (Phi) is 5.10. The molecule has 0 saturated heterocycles. The summed E-state index contributed by atoms with van der Waals surface area (Å²) >= 11 is 3.41. The molecule has 20 heavy (non-hydrogen) atoms. The van der Waals surface area contributed by atoms with Gasteiger partial charge in [0.2, 0.25) is 5.91 Å². The molecule has 0 aliphatic heterocycles. The molecular weight excluding hydrogens is 340 g/mol.